The highest BCUT2D eigenvalue weighted by Gasteiger charge is 2.18. The topological polar surface area (TPSA) is 72.0 Å². The molecule has 0 saturated heterocycles. The van der Waals surface area contributed by atoms with E-state index in [0.29, 0.717) is 17.9 Å². The van der Waals surface area contributed by atoms with Gasteiger partial charge in [0.25, 0.3) is 0 Å². The normalized spacial score (nSPS) is 14.0. The van der Waals surface area contributed by atoms with Crippen LogP contribution in [0.2, 0.25) is 0 Å². The molecule has 0 spiro atoms. The minimum atomic E-state index is -3.50. The Morgan fingerprint density at radius 2 is 1.96 bits per heavy atom. The van der Waals surface area contributed by atoms with Gasteiger partial charge in [-0.1, -0.05) is 6.07 Å². The Labute approximate surface area is 169 Å². The maximum Gasteiger partial charge on any atom is 0.240 e. The van der Waals surface area contributed by atoms with Gasteiger partial charge in [-0.15, -0.1) is 11.3 Å². The van der Waals surface area contributed by atoms with Crippen LogP contribution in [0.5, 0.6) is 0 Å². The average molecular weight is 414 g/mol. The zero-order valence-corrected chi connectivity index (χ0v) is 17.4. The number of nitrogens with zero attached hydrogens (tertiary/aromatic N) is 2. The van der Waals surface area contributed by atoms with E-state index in [4.69, 9.17) is 0 Å². The summed E-state index contributed by atoms with van der Waals surface area (Å²) in [5, 5.41) is 0.915. The number of benzene rings is 1. The molecule has 4 rings (SSSR count). The van der Waals surface area contributed by atoms with E-state index in [1.807, 2.05) is 31.2 Å². The van der Waals surface area contributed by atoms with Crippen LogP contribution in [0.4, 0.5) is 0 Å². The molecule has 0 fully saturated rings. The smallest absolute Gasteiger partial charge is 0.240 e. The molecular formula is C21H23N3O2S2. The van der Waals surface area contributed by atoms with Crippen LogP contribution >= 0.6 is 11.3 Å². The van der Waals surface area contributed by atoms with Gasteiger partial charge < -0.3 is 0 Å². The van der Waals surface area contributed by atoms with Crippen molar-refractivity contribution < 1.29 is 8.42 Å². The largest absolute Gasteiger partial charge is 0.264 e. The molecule has 0 aliphatic heterocycles. The predicted octanol–water partition coefficient (Wildman–Crippen LogP) is 3.91. The van der Waals surface area contributed by atoms with Crippen LogP contribution in [0, 0.1) is 6.92 Å². The quantitative estimate of drug-likeness (QED) is 0.665. The number of thiazole rings is 1. The Kier molecular flexibility index (Phi) is 5.57. The van der Waals surface area contributed by atoms with Crippen molar-refractivity contribution in [2.75, 3.05) is 6.54 Å². The zero-order chi connectivity index (χ0) is 19.6. The minimum Gasteiger partial charge on any atom is -0.264 e. The summed E-state index contributed by atoms with van der Waals surface area (Å²) in [6.45, 7) is 2.32. The van der Waals surface area contributed by atoms with Crippen molar-refractivity contribution in [2.45, 2.75) is 43.9 Å². The fourth-order valence-electron chi connectivity index (χ4n) is 3.53. The van der Waals surface area contributed by atoms with Crippen LogP contribution in [-0.4, -0.2) is 24.9 Å². The SMILES string of the molecule is Cc1nc(-c2cccnc2)sc1CCNS(=O)(=O)c1ccc2c(c1)CCCC2. The second kappa shape index (κ2) is 8.11. The van der Waals surface area contributed by atoms with Crippen molar-refractivity contribution in [3.8, 4) is 10.6 Å². The Hall–Kier alpha value is -2.09. The Morgan fingerprint density at radius 1 is 1.14 bits per heavy atom. The summed E-state index contributed by atoms with van der Waals surface area (Å²) in [4.78, 5) is 10.2. The molecule has 28 heavy (non-hydrogen) atoms. The standard InChI is InChI=1S/C21H23N3O2S2/c1-15-20(27-21(24-15)18-7-4-11-22-14-18)10-12-23-28(25,26)19-9-8-16-5-2-3-6-17(16)13-19/h4,7-9,11,13-14,23H,2-3,5-6,10,12H2,1H3. The van der Waals surface area contributed by atoms with Crippen LogP contribution < -0.4 is 4.72 Å². The van der Waals surface area contributed by atoms with E-state index in [1.165, 1.54) is 17.5 Å². The van der Waals surface area contributed by atoms with Crippen LogP contribution in [0.3, 0.4) is 0 Å². The Bertz CT molecular complexity index is 1080. The van der Waals surface area contributed by atoms with Crippen LogP contribution in [0.25, 0.3) is 10.6 Å². The molecule has 5 nitrogen and oxygen atoms in total. The van der Waals surface area contributed by atoms with Crippen molar-refractivity contribution in [3.05, 3.63) is 64.4 Å². The zero-order valence-electron chi connectivity index (χ0n) is 15.8. The monoisotopic (exact) mass is 413 g/mol. The maximum absolute atomic E-state index is 12.7. The minimum absolute atomic E-state index is 0.356. The van der Waals surface area contributed by atoms with Gasteiger partial charge in [-0.05, 0) is 74.4 Å². The molecule has 0 radical (unpaired) electrons. The summed E-state index contributed by atoms with van der Waals surface area (Å²) in [5.41, 5.74) is 4.38. The van der Waals surface area contributed by atoms with Crippen LogP contribution in [0.1, 0.15) is 34.5 Å². The first-order valence-corrected chi connectivity index (χ1v) is 11.8. The first kappa shape index (κ1) is 19.2. The molecular weight excluding hydrogens is 390 g/mol. The van der Waals surface area contributed by atoms with E-state index in [1.54, 1.807) is 29.8 Å². The van der Waals surface area contributed by atoms with Crippen molar-refractivity contribution in [1.82, 2.24) is 14.7 Å². The molecule has 146 valence electrons. The van der Waals surface area contributed by atoms with Gasteiger partial charge in [0.1, 0.15) is 5.01 Å². The fraction of sp³-hybridized carbons (Fsp3) is 0.333. The van der Waals surface area contributed by atoms with Crippen molar-refractivity contribution in [1.29, 1.82) is 0 Å². The number of aromatic nitrogens is 2. The van der Waals surface area contributed by atoms with E-state index in [2.05, 4.69) is 14.7 Å². The van der Waals surface area contributed by atoms with Gasteiger partial charge in [-0.2, -0.15) is 0 Å². The number of fused-ring (bicyclic) bond motifs is 1. The number of pyridine rings is 1. The molecule has 2 aromatic heterocycles. The summed E-state index contributed by atoms with van der Waals surface area (Å²) in [6.07, 6.45) is 8.48. The lowest BCUT2D eigenvalue weighted by molar-refractivity contribution is 0.581. The molecule has 0 unspecified atom stereocenters. The number of sulfonamides is 1. The molecule has 1 aromatic carbocycles. The predicted molar refractivity (Wildman–Crippen MR) is 112 cm³/mol. The van der Waals surface area contributed by atoms with Gasteiger partial charge in [-0.25, -0.2) is 18.1 Å². The van der Waals surface area contributed by atoms with Crippen LogP contribution in [0.15, 0.2) is 47.6 Å². The van der Waals surface area contributed by atoms with Crippen LogP contribution in [-0.2, 0) is 29.3 Å². The third-order valence-electron chi connectivity index (χ3n) is 5.08. The molecule has 0 saturated carbocycles. The lowest BCUT2D eigenvalue weighted by atomic mass is 9.92. The molecule has 0 amide bonds. The first-order chi connectivity index (χ1) is 13.5. The summed E-state index contributed by atoms with van der Waals surface area (Å²) in [7, 11) is -3.50. The van der Waals surface area contributed by atoms with Gasteiger partial charge >= 0.3 is 0 Å². The molecule has 3 aromatic rings. The van der Waals surface area contributed by atoms with E-state index < -0.39 is 10.0 Å². The molecule has 0 bridgehead atoms. The lowest BCUT2D eigenvalue weighted by Gasteiger charge is -2.16. The molecule has 1 N–H and O–H groups in total. The fourth-order valence-corrected chi connectivity index (χ4v) is 5.67. The third kappa shape index (κ3) is 4.16. The van der Waals surface area contributed by atoms with E-state index in [0.717, 1.165) is 40.4 Å². The van der Waals surface area contributed by atoms with Gasteiger partial charge in [0.15, 0.2) is 0 Å². The second-order valence-electron chi connectivity index (χ2n) is 7.05. The van der Waals surface area contributed by atoms with E-state index >= 15 is 0 Å². The van der Waals surface area contributed by atoms with Gasteiger partial charge in [0.05, 0.1) is 10.6 Å². The van der Waals surface area contributed by atoms with Gasteiger partial charge in [-0.3, -0.25) is 4.98 Å². The Morgan fingerprint density at radius 3 is 2.75 bits per heavy atom. The number of hydrogen-bond acceptors (Lipinski definition) is 5. The number of aryl methyl sites for hydroxylation is 3. The highest BCUT2D eigenvalue weighted by atomic mass is 32.2. The van der Waals surface area contributed by atoms with Crippen molar-refractivity contribution in [2.24, 2.45) is 0 Å². The Balaban J connectivity index is 1.43. The highest BCUT2D eigenvalue weighted by Crippen LogP contribution is 2.28. The third-order valence-corrected chi connectivity index (χ3v) is 7.80. The lowest BCUT2D eigenvalue weighted by Crippen LogP contribution is -2.26. The molecule has 2 heterocycles. The number of hydrogen-bond donors (Lipinski definition) is 1. The molecule has 1 aliphatic rings. The summed E-state index contributed by atoms with van der Waals surface area (Å²) < 4.78 is 28.1. The van der Waals surface area contributed by atoms with Gasteiger partial charge in [0.2, 0.25) is 10.0 Å². The maximum atomic E-state index is 12.7. The highest BCUT2D eigenvalue weighted by molar-refractivity contribution is 7.89. The summed E-state index contributed by atoms with van der Waals surface area (Å²) >= 11 is 1.59. The van der Waals surface area contributed by atoms with Crippen molar-refractivity contribution in [3.63, 3.8) is 0 Å². The summed E-state index contributed by atoms with van der Waals surface area (Å²) in [6, 6.07) is 9.41. The number of rotatable bonds is 6. The van der Waals surface area contributed by atoms with E-state index in [9.17, 15) is 8.42 Å². The van der Waals surface area contributed by atoms with Crippen molar-refractivity contribution >= 4 is 21.4 Å². The second-order valence-corrected chi connectivity index (χ2v) is 9.91. The summed E-state index contributed by atoms with van der Waals surface area (Å²) in [5.74, 6) is 0. The number of nitrogens with one attached hydrogen (secondary N) is 1. The molecule has 7 heteroatoms. The average Bonchev–Trinajstić information content (AvgIpc) is 3.09. The van der Waals surface area contributed by atoms with E-state index in [-0.39, 0.29) is 0 Å². The molecule has 1 aliphatic carbocycles. The first-order valence-electron chi connectivity index (χ1n) is 9.51. The molecule has 0 atom stereocenters. The van der Waals surface area contributed by atoms with Gasteiger partial charge in [0, 0.05) is 29.4 Å².